The van der Waals surface area contributed by atoms with Crippen molar-refractivity contribution in [2.24, 2.45) is 0 Å². The van der Waals surface area contributed by atoms with Crippen LogP contribution in [0.1, 0.15) is 5.56 Å². The third-order valence-corrected chi connectivity index (χ3v) is 4.29. The third kappa shape index (κ3) is 2.91. The number of aryl methyl sites for hydroxylation is 1. The second-order valence-electron chi connectivity index (χ2n) is 6.26. The number of hydrogen-bond acceptors (Lipinski definition) is 4. The van der Waals surface area contributed by atoms with E-state index in [4.69, 9.17) is 11.5 Å². The quantitative estimate of drug-likeness (QED) is 0.550. The van der Waals surface area contributed by atoms with E-state index in [9.17, 15) is 0 Å². The van der Waals surface area contributed by atoms with Crippen LogP contribution >= 0.6 is 0 Å². The summed E-state index contributed by atoms with van der Waals surface area (Å²) in [6.45, 7) is 2.07. The van der Waals surface area contributed by atoms with Crippen molar-refractivity contribution in [3.05, 3.63) is 78.4 Å². The second-order valence-corrected chi connectivity index (χ2v) is 6.26. The summed E-state index contributed by atoms with van der Waals surface area (Å²) in [5.74, 6) is 1.53. The highest BCUT2D eigenvalue weighted by Crippen LogP contribution is 2.29. The lowest BCUT2D eigenvalue weighted by Gasteiger charge is -2.11. The summed E-state index contributed by atoms with van der Waals surface area (Å²) in [7, 11) is 0. The van der Waals surface area contributed by atoms with Gasteiger partial charge in [-0.3, -0.25) is 4.57 Å². The zero-order chi connectivity index (χ0) is 18.1. The molecule has 0 spiro atoms. The molecule has 0 unspecified atom stereocenters. The molecule has 1 heterocycles. The van der Waals surface area contributed by atoms with Gasteiger partial charge in [-0.1, -0.05) is 17.7 Å². The van der Waals surface area contributed by atoms with E-state index in [0.717, 1.165) is 28.5 Å². The number of aromatic nitrogens is 3. The van der Waals surface area contributed by atoms with Gasteiger partial charge in [0.25, 0.3) is 0 Å². The van der Waals surface area contributed by atoms with E-state index in [1.54, 1.807) is 0 Å². The van der Waals surface area contributed by atoms with Crippen molar-refractivity contribution < 1.29 is 0 Å². The number of nitrogen functional groups attached to an aromatic ring is 2. The van der Waals surface area contributed by atoms with Crippen molar-refractivity contribution in [1.29, 1.82) is 0 Å². The largest absolute Gasteiger partial charge is 0.399 e. The minimum Gasteiger partial charge on any atom is -0.399 e. The van der Waals surface area contributed by atoms with Gasteiger partial charge in [0.1, 0.15) is 0 Å². The smallest absolute Gasteiger partial charge is 0.168 e. The summed E-state index contributed by atoms with van der Waals surface area (Å²) in [5, 5.41) is 8.91. The van der Waals surface area contributed by atoms with Gasteiger partial charge in [0.15, 0.2) is 11.6 Å². The summed E-state index contributed by atoms with van der Waals surface area (Å²) < 4.78 is 2.05. The highest BCUT2D eigenvalue weighted by molar-refractivity contribution is 5.68. The Morgan fingerprint density at radius 3 is 1.46 bits per heavy atom. The number of benzene rings is 3. The zero-order valence-electron chi connectivity index (χ0n) is 14.4. The molecule has 3 aromatic carbocycles. The number of hydrogen-bond donors (Lipinski definition) is 2. The molecule has 0 radical (unpaired) electrons. The molecule has 0 saturated heterocycles. The molecule has 4 N–H and O–H groups in total. The molecule has 5 heteroatoms. The molecule has 0 fully saturated rings. The molecule has 0 saturated carbocycles. The van der Waals surface area contributed by atoms with E-state index in [-0.39, 0.29) is 0 Å². The van der Waals surface area contributed by atoms with Crippen LogP contribution in [0.4, 0.5) is 11.4 Å². The SMILES string of the molecule is Cc1ccc(-n2c(-c3ccc(N)cc3)nnc2-c2ccc(N)cc2)cc1. The van der Waals surface area contributed by atoms with Gasteiger partial charge in [0.05, 0.1) is 0 Å². The van der Waals surface area contributed by atoms with Gasteiger partial charge in [-0.25, -0.2) is 0 Å². The maximum Gasteiger partial charge on any atom is 0.168 e. The van der Waals surface area contributed by atoms with E-state index in [2.05, 4.69) is 46.0 Å². The van der Waals surface area contributed by atoms with Gasteiger partial charge < -0.3 is 11.5 Å². The van der Waals surface area contributed by atoms with Crippen LogP contribution in [0, 0.1) is 6.92 Å². The van der Waals surface area contributed by atoms with E-state index in [0.29, 0.717) is 11.4 Å². The lowest BCUT2D eigenvalue weighted by Crippen LogP contribution is -2.00. The van der Waals surface area contributed by atoms with Crippen LogP contribution in [0.2, 0.25) is 0 Å². The van der Waals surface area contributed by atoms with Gasteiger partial charge in [0, 0.05) is 28.2 Å². The molecule has 4 rings (SSSR count). The molecule has 5 nitrogen and oxygen atoms in total. The molecule has 0 bridgehead atoms. The Bertz CT molecular complexity index is 966. The molecule has 0 atom stereocenters. The van der Waals surface area contributed by atoms with Gasteiger partial charge in [-0.15, -0.1) is 10.2 Å². The molecule has 0 amide bonds. The first-order chi connectivity index (χ1) is 12.6. The average Bonchev–Trinajstić information content (AvgIpc) is 3.08. The zero-order valence-corrected chi connectivity index (χ0v) is 14.4. The Balaban J connectivity index is 1.93. The maximum absolute atomic E-state index is 5.83. The predicted octanol–water partition coefficient (Wildman–Crippen LogP) is 4.07. The first-order valence-corrected chi connectivity index (χ1v) is 8.36. The summed E-state index contributed by atoms with van der Waals surface area (Å²) in [4.78, 5) is 0. The first kappa shape index (κ1) is 15.9. The summed E-state index contributed by atoms with van der Waals surface area (Å²) >= 11 is 0. The van der Waals surface area contributed by atoms with Crippen LogP contribution < -0.4 is 11.5 Å². The summed E-state index contributed by atoms with van der Waals surface area (Å²) in [6, 6.07) is 23.6. The van der Waals surface area contributed by atoms with Crippen molar-refractivity contribution in [1.82, 2.24) is 14.8 Å². The van der Waals surface area contributed by atoms with Crippen LogP contribution in [0.25, 0.3) is 28.5 Å². The van der Waals surface area contributed by atoms with Crippen molar-refractivity contribution >= 4 is 11.4 Å². The molecular formula is C21H19N5. The standard InChI is InChI=1S/C21H19N5/c1-14-2-12-19(13-3-14)26-20(15-4-8-17(22)9-5-15)24-25-21(26)16-6-10-18(23)11-7-16/h2-13H,22-23H2,1H3. The van der Waals surface area contributed by atoms with Gasteiger partial charge in [-0.05, 0) is 67.6 Å². The predicted molar refractivity (Wildman–Crippen MR) is 106 cm³/mol. The molecule has 128 valence electrons. The molecule has 0 aliphatic carbocycles. The Morgan fingerprint density at radius 1 is 0.615 bits per heavy atom. The highest BCUT2D eigenvalue weighted by Gasteiger charge is 2.17. The van der Waals surface area contributed by atoms with Gasteiger partial charge >= 0.3 is 0 Å². The van der Waals surface area contributed by atoms with Crippen molar-refractivity contribution in [3.8, 4) is 28.5 Å². The maximum atomic E-state index is 5.83. The Hall–Kier alpha value is -3.60. The molecule has 1 aromatic heterocycles. The van der Waals surface area contributed by atoms with Crippen molar-refractivity contribution in [2.75, 3.05) is 11.5 Å². The Kier molecular flexibility index (Phi) is 3.89. The molecule has 4 aromatic rings. The summed E-state index contributed by atoms with van der Waals surface area (Å²) in [5.41, 5.74) is 17.2. The molecule has 26 heavy (non-hydrogen) atoms. The fraction of sp³-hybridized carbons (Fsp3) is 0.0476. The van der Waals surface area contributed by atoms with E-state index in [1.807, 2.05) is 48.5 Å². The van der Waals surface area contributed by atoms with Crippen molar-refractivity contribution in [2.45, 2.75) is 6.92 Å². The Labute approximate surface area is 151 Å². The normalized spacial score (nSPS) is 10.8. The highest BCUT2D eigenvalue weighted by atomic mass is 15.3. The molecule has 0 aliphatic heterocycles. The van der Waals surface area contributed by atoms with Crippen molar-refractivity contribution in [3.63, 3.8) is 0 Å². The third-order valence-electron chi connectivity index (χ3n) is 4.29. The first-order valence-electron chi connectivity index (χ1n) is 8.36. The van der Waals surface area contributed by atoms with Crippen LogP contribution in [0.5, 0.6) is 0 Å². The average molecular weight is 341 g/mol. The van der Waals surface area contributed by atoms with Crippen LogP contribution in [0.3, 0.4) is 0 Å². The number of anilines is 2. The Morgan fingerprint density at radius 2 is 1.04 bits per heavy atom. The topological polar surface area (TPSA) is 82.8 Å². The van der Waals surface area contributed by atoms with E-state index in [1.165, 1.54) is 5.56 Å². The fourth-order valence-electron chi connectivity index (χ4n) is 2.86. The number of nitrogens with two attached hydrogens (primary N) is 2. The van der Waals surface area contributed by atoms with Gasteiger partial charge in [-0.2, -0.15) is 0 Å². The molecular weight excluding hydrogens is 322 g/mol. The second kappa shape index (κ2) is 6.37. The monoisotopic (exact) mass is 341 g/mol. The lowest BCUT2D eigenvalue weighted by molar-refractivity contribution is 1.07. The van der Waals surface area contributed by atoms with Gasteiger partial charge in [0.2, 0.25) is 0 Å². The lowest BCUT2D eigenvalue weighted by atomic mass is 10.1. The van der Waals surface area contributed by atoms with Crippen LogP contribution in [-0.4, -0.2) is 14.8 Å². The fourth-order valence-corrected chi connectivity index (χ4v) is 2.86. The number of rotatable bonds is 3. The van der Waals surface area contributed by atoms with Crippen LogP contribution in [-0.2, 0) is 0 Å². The van der Waals surface area contributed by atoms with E-state index < -0.39 is 0 Å². The number of nitrogens with zero attached hydrogens (tertiary/aromatic N) is 3. The molecule has 0 aliphatic rings. The van der Waals surface area contributed by atoms with Crippen LogP contribution in [0.15, 0.2) is 72.8 Å². The van der Waals surface area contributed by atoms with E-state index >= 15 is 0 Å². The minimum atomic E-state index is 0.717. The summed E-state index contributed by atoms with van der Waals surface area (Å²) in [6.07, 6.45) is 0. The minimum absolute atomic E-state index is 0.717.